The zero-order valence-corrected chi connectivity index (χ0v) is 20.5. The van der Waals surface area contributed by atoms with Gasteiger partial charge in [0.1, 0.15) is 0 Å². The van der Waals surface area contributed by atoms with Crippen LogP contribution in [0.1, 0.15) is 39.5 Å². The molecule has 1 aliphatic heterocycles. The van der Waals surface area contributed by atoms with Crippen molar-refractivity contribution in [3.05, 3.63) is 81.8 Å². The van der Waals surface area contributed by atoms with Crippen molar-refractivity contribution < 1.29 is 9.59 Å². The van der Waals surface area contributed by atoms with E-state index in [0.29, 0.717) is 38.2 Å². The molecule has 1 fully saturated rings. The molecule has 0 aliphatic carbocycles. The normalized spacial score (nSPS) is 13.8. The van der Waals surface area contributed by atoms with Gasteiger partial charge in [0, 0.05) is 54.2 Å². The Kier molecular flexibility index (Phi) is 8.18. The van der Waals surface area contributed by atoms with E-state index in [1.165, 1.54) is 5.56 Å². The SMILES string of the molecule is Cc1nc(CSc2ccc(C(=O)N3CCN(C(=O)CCCc4ccccc4)CC3)cc2)cs1. The summed E-state index contributed by atoms with van der Waals surface area (Å²) >= 11 is 3.39. The van der Waals surface area contributed by atoms with Crippen LogP contribution in [-0.4, -0.2) is 52.8 Å². The molecular weight excluding hydrogens is 450 g/mol. The third kappa shape index (κ3) is 6.68. The summed E-state index contributed by atoms with van der Waals surface area (Å²) in [6.07, 6.45) is 2.33. The zero-order valence-electron chi connectivity index (χ0n) is 18.9. The highest BCUT2D eigenvalue weighted by Crippen LogP contribution is 2.24. The third-order valence-electron chi connectivity index (χ3n) is 5.77. The number of hydrogen-bond donors (Lipinski definition) is 0. The van der Waals surface area contributed by atoms with Crippen molar-refractivity contribution in [1.29, 1.82) is 0 Å². The first-order valence-electron chi connectivity index (χ1n) is 11.3. The van der Waals surface area contributed by atoms with Gasteiger partial charge in [-0.3, -0.25) is 9.59 Å². The number of thioether (sulfide) groups is 1. The van der Waals surface area contributed by atoms with Crippen molar-refractivity contribution in [1.82, 2.24) is 14.8 Å². The average molecular weight is 480 g/mol. The quantitative estimate of drug-likeness (QED) is 0.424. The van der Waals surface area contributed by atoms with Crippen molar-refractivity contribution in [2.24, 2.45) is 0 Å². The molecule has 5 nitrogen and oxygen atoms in total. The molecule has 3 aromatic rings. The molecule has 0 spiro atoms. The summed E-state index contributed by atoms with van der Waals surface area (Å²) in [6.45, 7) is 4.40. The minimum atomic E-state index is 0.0397. The maximum Gasteiger partial charge on any atom is 0.253 e. The first-order valence-corrected chi connectivity index (χ1v) is 13.2. The number of aromatic nitrogens is 1. The smallest absolute Gasteiger partial charge is 0.253 e. The molecule has 2 amide bonds. The van der Waals surface area contributed by atoms with E-state index in [1.807, 2.05) is 59.2 Å². The van der Waals surface area contributed by atoms with Crippen LogP contribution in [0.4, 0.5) is 0 Å². The minimum absolute atomic E-state index is 0.0397. The molecule has 0 bridgehead atoms. The second-order valence-corrected chi connectivity index (χ2v) is 10.3. The fourth-order valence-electron chi connectivity index (χ4n) is 3.91. The summed E-state index contributed by atoms with van der Waals surface area (Å²) in [5, 5.41) is 3.17. The van der Waals surface area contributed by atoms with Gasteiger partial charge < -0.3 is 9.80 Å². The van der Waals surface area contributed by atoms with E-state index in [2.05, 4.69) is 22.5 Å². The molecule has 7 heteroatoms. The summed E-state index contributed by atoms with van der Waals surface area (Å²) in [6, 6.07) is 18.1. The van der Waals surface area contributed by atoms with Gasteiger partial charge in [-0.25, -0.2) is 4.98 Å². The topological polar surface area (TPSA) is 53.5 Å². The highest BCUT2D eigenvalue weighted by molar-refractivity contribution is 7.98. The van der Waals surface area contributed by atoms with Crippen molar-refractivity contribution >= 4 is 34.9 Å². The van der Waals surface area contributed by atoms with E-state index < -0.39 is 0 Å². The lowest BCUT2D eigenvalue weighted by molar-refractivity contribution is -0.132. The van der Waals surface area contributed by atoms with Gasteiger partial charge in [-0.05, 0) is 49.6 Å². The van der Waals surface area contributed by atoms with Crippen LogP contribution < -0.4 is 0 Å². The number of piperazine rings is 1. The molecule has 4 rings (SSSR count). The molecule has 0 saturated carbocycles. The Morgan fingerprint density at radius 2 is 1.67 bits per heavy atom. The Balaban J connectivity index is 1.20. The summed E-state index contributed by atoms with van der Waals surface area (Å²) in [7, 11) is 0. The van der Waals surface area contributed by atoms with E-state index in [0.717, 1.165) is 34.2 Å². The van der Waals surface area contributed by atoms with Crippen molar-refractivity contribution in [2.45, 2.75) is 36.8 Å². The van der Waals surface area contributed by atoms with Gasteiger partial charge >= 0.3 is 0 Å². The van der Waals surface area contributed by atoms with Gasteiger partial charge in [-0.2, -0.15) is 0 Å². The lowest BCUT2D eigenvalue weighted by atomic mass is 10.1. The molecular formula is C26H29N3O2S2. The standard InChI is InChI=1S/C26H29N3O2S2/c1-20-27-23(18-32-20)19-33-24-12-10-22(11-13-24)26(31)29-16-14-28(15-17-29)25(30)9-5-8-21-6-3-2-4-7-21/h2-4,6-7,10-13,18H,5,8-9,14-17,19H2,1H3. The van der Waals surface area contributed by atoms with Gasteiger partial charge in [0.15, 0.2) is 0 Å². The molecule has 1 saturated heterocycles. The third-order valence-corrected chi connectivity index (χ3v) is 7.64. The van der Waals surface area contributed by atoms with E-state index in [-0.39, 0.29) is 11.8 Å². The number of carbonyl (C=O) groups is 2. The molecule has 0 radical (unpaired) electrons. The van der Waals surface area contributed by atoms with Crippen molar-refractivity contribution in [3.8, 4) is 0 Å². The van der Waals surface area contributed by atoms with Gasteiger partial charge in [-0.1, -0.05) is 30.3 Å². The number of thiazole rings is 1. The van der Waals surface area contributed by atoms with Crippen molar-refractivity contribution in [3.63, 3.8) is 0 Å². The molecule has 1 aliphatic rings. The molecule has 0 atom stereocenters. The summed E-state index contributed by atoms with van der Waals surface area (Å²) < 4.78 is 0. The molecule has 2 heterocycles. The van der Waals surface area contributed by atoms with E-state index >= 15 is 0 Å². The molecule has 2 aromatic carbocycles. The van der Waals surface area contributed by atoms with Gasteiger partial charge in [-0.15, -0.1) is 23.1 Å². The predicted molar refractivity (Wildman–Crippen MR) is 135 cm³/mol. The number of nitrogens with zero attached hydrogens (tertiary/aromatic N) is 3. The van der Waals surface area contributed by atoms with E-state index in [1.54, 1.807) is 23.1 Å². The van der Waals surface area contributed by atoms with Crippen LogP contribution in [0, 0.1) is 6.92 Å². The number of hydrogen-bond acceptors (Lipinski definition) is 5. The van der Waals surface area contributed by atoms with Crippen LogP contribution in [-0.2, 0) is 17.0 Å². The molecule has 172 valence electrons. The Morgan fingerprint density at radius 3 is 2.33 bits per heavy atom. The first kappa shape index (κ1) is 23.5. The van der Waals surface area contributed by atoms with Gasteiger partial charge in [0.25, 0.3) is 5.91 Å². The van der Waals surface area contributed by atoms with Crippen molar-refractivity contribution in [2.75, 3.05) is 26.2 Å². The van der Waals surface area contributed by atoms with E-state index in [4.69, 9.17) is 0 Å². The summed E-state index contributed by atoms with van der Waals surface area (Å²) in [5.41, 5.74) is 3.06. The Labute approximate surface area is 203 Å². The monoisotopic (exact) mass is 479 g/mol. The Bertz CT molecular complexity index is 1060. The maximum atomic E-state index is 12.9. The van der Waals surface area contributed by atoms with Gasteiger partial charge in [0.2, 0.25) is 5.91 Å². The van der Waals surface area contributed by atoms with Crippen LogP contribution in [0.25, 0.3) is 0 Å². The number of benzene rings is 2. The highest BCUT2D eigenvalue weighted by Gasteiger charge is 2.24. The number of aryl methyl sites for hydroxylation is 2. The lowest BCUT2D eigenvalue weighted by Gasteiger charge is -2.35. The van der Waals surface area contributed by atoms with Gasteiger partial charge in [0.05, 0.1) is 10.7 Å². The maximum absolute atomic E-state index is 12.9. The number of carbonyl (C=O) groups excluding carboxylic acids is 2. The number of amides is 2. The Hall–Kier alpha value is -2.64. The fourth-order valence-corrected chi connectivity index (χ4v) is 5.42. The lowest BCUT2D eigenvalue weighted by Crippen LogP contribution is -2.50. The van der Waals surface area contributed by atoms with Crippen LogP contribution in [0.3, 0.4) is 0 Å². The predicted octanol–water partition coefficient (Wildman–Crippen LogP) is 5.05. The molecule has 0 N–H and O–H groups in total. The van der Waals surface area contributed by atoms with E-state index in [9.17, 15) is 9.59 Å². The van der Waals surface area contributed by atoms with Crippen LogP contribution in [0.2, 0.25) is 0 Å². The molecule has 33 heavy (non-hydrogen) atoms. The second-order valence-electron chi connectivity index (χ2n) is 8.18. The summed E-state index contributed by atoms with van der Waals surface area (Å²) in [5.74, 6) is 1.06. The fraction of sp³-hybridized carbons (Fsp3) is 0.346. The zero-order chi connectivity index (χ0) is 23.0. The second kappa shape index (κ2) is 11.5. The summed E-state index contributed by atoms with van der Waals surface area (Å²) in [4.78, 5) is 34.8. The number of rotatable bonds is 8. The molecule has 0 unspecified atom stereocenters. The largest absolute Gasteiger partial charge is 0.339 e. The first-order chi connectivity index (χ1) is 16.1. The van der Waals surface area contributed by atoms with Crippen LogP contribution in [0.5, 0.6) is 0 Å². The Morgan fingerprint density at radius 1 is 0.970 bits per heavy atom. The highest BCUT2D eigenvalue weighted by atomic mass is 32.2. The minimum Gasteiger partial charge on any atom is -0.339 e. The van der Waals surface area contributed by atoms with Crippen LogP contribution >= 0.6 is 23.1 Å². The average Bonchev–Trinajstić information content (AvgIpc) is 3.28. The van der Waals surface area contributed by atoms with Crippen LogP contribution in [0.15, 0.2) is 64.9 Å². The molecule has 1 aromatic heterocycles.